The van der Waals surface area contributed by atoms with Gasteiger partial charge in [-0.2, -0.15) is 0 Å². The van der Waals surface area contributed by atoms with Crippen LogP contribution in [-0.2, 0) is 4.79 Å². The Morgan fingerprint density at radius 1 is 1.10 bits per heavy atom. The summed E-state index contributed by atoms with van der Waals surface area (Å²) >= 11 is 0. The van der Waals surface area contributed by atoms with Gasteiger partial charge in [0, 0.05) is 18.3 Å². The first-order chi connectivity index (χ1) is 14.5. The van der Waals surface area contributed by atoms with Crippen LogP contribution in [0.1, 0.15) is 6.42 Å². The maximum absolute atomic E-state index is 12.8. The summed E-state index contributed by atoms with van der Waals surface area (Å²) in [6.45, 7) is 2.02. The van der Waals surface area contributed by atoms with Gasteiger partial charge in [-0.1, -0.05) is 0 Å². The number of nitrogens with one attached hydrogen (secondary N) is 2. The Bertz CT molecular complexity index is 875. The molecule has 30 heavy (non-hydrogen) atoms. The van der Waals surface area contributed by atoms with Crippen molar-refractivity contribution in [2.45, 2.75) is 6.42 Å². The summed E-state index contributed by atoms with van der Waals surface area (Å²) in [5.41, 5.74) is 0.496. The third-order valence-corrected chi connectivity index (χ3v) is 4.23. The number of benzene rings is 2. The number of hydrogen-bond donors (Lipinski definition) is 2. The van der Waals surface area contributed by atoms with Crippen molar-refractivity contribution in [3.8, 4) is 17.2 Å². The van der Waals surface area contributed by atoms with Gasteiger partial charge in [0.05, 0.1) is 13.2 Å². The average molecular weight is 417 g/mol. The van der Waals surface area contributed by atoms with Crippen LogP contribution < -0.4 is 24.8 Å². The number of imide groups is 1. The minimum absolute atomic E-state index is 0.0606. The van der Waals surface area contributed by atoms with Gasteiger partial charge in [0.2, 0.25) is 5.91 Å². The van der Waals surface area contributed by atoms with E-state index in [1.165, 1.54) is 12.1 Å². The van der Waals surface area contributed by atoms with E-state index < -0.39 is 11.9 Å². The third kappa shape index (κ3) is 6.63. The highest BCUT2D eigenvalue weighted by molar-refractivity contribution is 6.01. The lowest BCUT2D eigenvalue weighted by atomic mass is 10.2. The molecule has 0 aliphatic carbocycles. The van der Waals surface area contributed by atoms with Crippen LogP contribution in [0, 0.1) is 5.82 Å². The maximum Gasteiger partial charge on any atom is 0.325 e. The quantitative estimate of drug-likeness (QED) is 0.642. The molecule has 0 radical (unpaired) electrons. The van der Waals surface area contributed by atoms with Crippen LogP contribution in [0.25, 0.3) is 0 Å². The molecule has 8 nitrogen and oxygen atoms in total. The fraction of sp³-hybridized carbons (Fsp3) is 0.333. The number of fused-ring (bicyclic) bond motifs is 1. The first kappa shape index (κ1) is 21.4. The highest BCUT2D eigenvalue weighted by Gasteiger charge is 2.14. The van der Waals surface area contributed by atoms with Crippen LogP contribution >= 0.6 is 0 Å². The number of nitrogens with zero attached hydrogens (tertiary/aromatic N) is 1. The van der Waals surface area contributed by atoms with E-state index in [9.17, 15) is 14.0 Å². The monoisotopic (exact) mass is 417 g/mol. The van der Waals surface area contributed by atoms with Crippen molar-refractivity contribution in [2.24, 2.45) is 0 Å². The van der Waals surface area contributed by atoms with Gasteiger partial charge < -0.3 is 19.5 Å². The molecular formula is C21H24FN3O5. The normalized spacial score (nSPS) is 12.4. The third-order valence-electron chi connectivity index (χ3n) is 4.23. The van der Waals surface area contributed by atoms with Crippen molar-refractivity contribution >= 4 is 17.6 Å². The zero-order chi connectivity index (χ0) is 21.3. The number of anilines is 1. The van der Waals surface area contributed by atoms with E-state index in [4.69, 9.17) is 14.2 Å². The predicted molar refractivity (Wildman–Crippen MR) is 109 cm³/mol. The lowest BCUT2D eigenvalue weighted by Crippen LogP contribution is -2.41. The molecule has 0 aromatic heterocycles. The fourth-order valence-corrected chi connectivity index (χ4v) is 2.83. The maximum atomic E-state index is 12.8. The largest absolute Gasteiger partial charge is 0.494 e. The molecule has 3 rings (SSSR count). The molecule has 1 aliphatic rings. The van der Waals surface area contributed by atoms with Gasteiger partial charge in [0.25, 0.3) is 0 Å². The summed E-state index contributed by atoms with van der Waals surface area (Å²) < 4.78 is 29.2. The average Bonchev–Trinajstić information content (AvgIpc) is 2.72. The van der Waals surface area contributed by atoms with Crippen LogP contribution in [0.3, 0.4) is 0 Å². The van der Waals surface area contributed by atoms with Crippen LogP contribution in [0.15, 0.2) is 42.5 Å². The molecule has 0 atom stereocenters. The molecule has 0 saturated carbocycles. The van der Waals surface area contributed by atoms with Crippen molar-refractivity contribution in [2.75, 3.05) is 45.3 Å². The van der Waals surface area contributed by atoms with Gasteiger partial charge in [-0.05, 0) is 49.9 Å². The molecule has 0 unspecified atom stereocenters. The molecule has 160 valence electrons. The summed E-state index contributed by atoms with van der Waals surface area (Å²) in [6.07, 6.45) is 0.671. The van der Waals surface area contributed by atoms with E-state index in [0.717, 1.165) is 0 Å². The molecule has 3 amide bonds. The number of urea groups is 1. The molecule has 1 aliphatic heterocycles. The van der Waals surface area contributed by atoms with E-state index in [-0.39, 0.29) is 12.4 Å². The number of rotatable bonds is 8. The SMILES string of the molecule is CN(CCCOc1ccc(F)cc1)CC(=O)NC(=O)Nc1ccc2c(c1)OCCO2. The van der Waals surface area contributed by atoms with Crippen LogP contribution in [0.4, 0.5) is 14.9 Å². The Labute approximate surface area is 173 Å². The molecule has 1 heterocycles. The Hall–Kier alpha value is -3.33. The standard InChI is InChI=1S/C21H24FN3O5/c1-25(9-2-10-28-17-6-3-15(22)4-7-17)14-20(26)24-21(27)23-16-5-8-18-19(13-16)30-12-11-29-18/h3-8,13H,2,9-12,14H2,1H3,(H2,23,24,26,27). The number of hydrogen-bond acceptors (Lipinski definition) is 6. The Morgan fingerprint density at radius 2 is 1.83 bits per heavy atom. The highest BCUT2D eigenvalue weighted by Crippen LogP contribution is 2.32. The molecule has 0 bridgehead atoms. The summed E-state index contributed by atoms with van der Waals surface area (Å²) in [6, 6.07) is 10.2. The topological polar surface area (TPSA) is 89.1 Å². The van der Waals surface area contributed by atoms with E-state index >= 15 is 0 Å². The number of likely N-dealkylation sites (N-methyl/N-ethyl adjacent to an activating group) is 1. The summed E-state index contributed by atoms with van der Waals surface area (Å²) in [5.74, 6) is 1.02. The molecule has 2 N–H and O–H groups in total. The van der Waals surface area contributed by atoms with E-state index in [1.54, 1.807) is 42.3 Å². The highest BCUT2D eigenvalue weighted by atomic mass is 19.1. The van der Waals surface area contributed by atoms with E-state index in [1.807, 2.05) is 0 Å². The van der Waals surface area contributed by atoms with Gasteiger partial charge in [-0.25, -0.2) is 9.18 Å². The summed E-state index contributed by atoms with van der Waals surface area (Å²) in [4.78, 5) is 25.9. The number of amides is 3. The van der Waals surface area contributed by atoms with Crippen molar-refractivity contribution in [3.63, 3.8) is 0 Å². The zero-order valence-corrected chi connectivity index (χ0v) is 16.7. The number of halogens is 1. The minimum Gasteiger partial charge on any atom is -0.494 e. The second kappa shape index (κ2) is 10.4. The van der Waals surface area contributed by atoms with Crippen molar-refractivity contribution in [1.82, 2.24) is 10.2 Å². The second-order valence-electron chi connectivity index (χ2n) is 6.75. The van der Waals surface area contributed by atoms with E-state index in [0.29, 0.717) is 55.7 Å². The minimum atomic E-state index is -0.621. The van der Waals surface area contributed by atoms with Gasteiger partial charge in [-0.3, -0.25) is 15.0 Å². The zero-order valence-electron chi connectivity index (χ0n) is 16.7. The Morgan fingerprint density at radius 3 is 2.60 bits per heavy atom. The predicted octanol–water partition coefficient (Wildman–Crippen LogP) is 2.65. The van der Waals surface area contributed by atoms with Crippen LogP contribution in [-0.4, -0.2) is 56.8 Å². The molecule has 0 saturated heterocycles. The Kier molecular flexibility index (Phi) is 7.45. The molecular weight excluding hydrogens is 393 g/mol. The van der Waals surface area contributed by atoms with Crippen LogP contribution in [0.2, 0.25) is 0 Å². The Balaban J connectivity index is 1.34. The molecule has 0 fully saturated rings. The van der Waals surface area contributed by atoms with Crippen molar-refractivity contribution in [1.29, 1.82) is 0 Å². The molecule has 0 spiro atoms. The number of carbonyl (C=O) groups excluding carboxylic acids is 2. The van der Waals surface area contributed by atoms with Crippen molar-refractivity contribution in [3.05, 3.63) is 48.3 Å². The summed E-state index contributed by atoms with van der Waals surface area (Å²) in [7, 11) is 1.77. The fourth-order valence-electron chi connectivity index (χ4n) is 2.83. The molecule has 2 aromatic rings. The first-order valence-corrected chi connectivity index (χ1v) is 9.57. The van der Waals surface area contributed by atoms with Gasteiger partial charge in [0.15, 0.2) is 11.5 Å². The number of carbonyl (C=O) groups is 2. The van der Waals surface area contributed by atoms with Gasteiger partial charge in [-0.15, -0.1) is 0 Å². The van der Waals surface area contributed by atoms with Crippen LogP contribution in [0.5, 0.6) is 17.2 Å². The van der Waals surface area contributed by atoms with Gasteiger partial charge >= 0.3 is 6.03 Å². The second-order valence-corrected chi connectivity index (χ2v) is 6.75. The van der Waals surface area contributed by atoms with Gasteiger partial charge in [0.1, 0.15) is 24.8 Å². The smallest absolute Gasteiger partial charge is 0.325 e. The van der Waals surface area contributed by atoms with Crippen molar-refractivity contribution < 1.29 is 28.2 Å². The molecule has 9 heteroatoms. The molecule has 2 aromatic carbocycles. The number of ether oxygens (including phenoxy) is 3. The summed E-state index contributed by atoms with van der Waals surface area (Å²) in [5, 5.41) is 4.89. The lowest BCUT2D eigenvalue weighted by Gasteiger charge is -2.19. The first-order valence-electron chi connectivity index (χ1n) is 9.57. The lowest BCUT2D eigenvalue weighted by molar-refractivity contribution is -0.120. The van der Waals surface area contributed by atoms with E-state index in [2.05, 4.69) is 10.6 Å².